The van der Waals surface area contributed by atoms with Crippen molar-refractivity contribution in [2.75, 3.05) is 13.2 Å². The molecule has 5 rings (SSSR count). The van der Waals surface area contributed by atoms with E-state index in [1.54, 1.807) is 0 Å². The lowest BCUT2D eigenvalue weighted by atomic mass is 9.94. The van der Waals surface area contributed by atoms with E-state index in [0.29, 0.717) is 12.5 Å². The molecule has 1 N–H and O–H groups in total. The van der Waals surface area contributed by atoms with Crippen molar-refractivity contribution in [1.82, 2.24) is 4.90 Å². The highest BCUT2D eigenvalue weighted by Crippen LogP contribution is 2.45. The highest BCUT2D eigenvalue weighted by atomic mass is 16.6. The van der Waals surface area contributed by atoms with Gasteiger partial charge in [-0.2, -0.15) is 0 Å². The average molecular weight is 377 g/mol. The Labute approximate surface area is 163 Å². The third kappa shape index (κ3) is 2.60. The molecular formula is C23H23NO4. The number of fused-ring (bicyclic) bond motifs is 4. The minimum atomic E-state index is -0.914. The van der Waals surface area contributed by atoms with Gasteiger partial charge in [-0.3, -0.25) is 4.90 Å². The summed E-state index contributed by atoms with van der Waals surface area (Å²) < 4.78 is 5.69. The van der Waals surface area contributed by atoms with E-state index < -0.39 is 18.1 Å². The molecule has 3 atom stereocenters. The summed E-state index contributed by atoms with van der Waals surface area (Å²) in [7, 11) is 0. The van der Waals surface area contributed by atoms with Gasteiger partial charge in [0, 0.05) is 12.5 Å². The second-order valence-corrected chi connectivity index (χ2v) is 8.09. The van der Waals surface area contributed by atoms with E-state index in [4.69, 9.17) is 4.74 Å². The Kier molecular flexibility index (Phi) is 4.11. The SMILES string of the molecule is O=C(O)[C@@H]1[C@@H]2CCC[C@@H]2CN1C(=O)OCC1c2ccccc2-c2ccccc21. The van der Waals surface area contributed by atoms with Gasteiger partial charge >= 0.3 is 12.1 Å². The molecule has 5 nitrogen and oxygen atoms in total. The Hall–Kier alpha value is -2.82. The first-order valence-electron chi connectivity index (χ1n) is 9.99. The van der Waals surface area contributed by atoms with Gasteiger partial charge in [-0.05, 0) is 46.9 Å². The molecule has 28 heavy (non-hydrogen) atoms. The molecule has 1 amide bonds. The van der Waals surface area contributed by atoms with Crippen LogP contribution in [0, 0.1) is 11.8 Å². The van der Waals surface area contributed by atoms with Gasteiger partial charge in [0.15, 0.2) is 0 Å². The Morgan fingerprint density at radius 2 is 1.64 bits per heavy atom. The van der Waals surface area contributed by atoms with Crippen molar-refractivity contribution in [3.8, 4) is 11.1 Å². The Morgan fingerprint density at radius 1 is 1.00 bits per heavy atom. The van der Waals surface area contributed by atoms with E-state index in [2.05, 4.69) is 24.3 Å². The lowest BCUT2D eigenvalue weighted by Gasteiger charge is -2.24. The third-order valence-corrected chi connectivity index (χ3v) is 6.71. The van der Waals surface area contributed by atoms with Crippen LogP contribution in [0.25, 0.3) is 11.1 Å². The summed E-state index contributed by atoms with van der Waals surface area (Å²) in [5.74, 6) is -0.566. The van der Waals surface area contributed by atoms with Crippen LogP contribution in [-0.4, -0.2) is 41.3 Å². The predicted molar refractivity (Wildman–Crippen MR) is 104 cm³/mol. The van der Waals surface area contributed by atoms with Crippen LogP contribution in [0.5, 0.6) is 0 Å². The number of ether oxygens (including phenoxy) is 1. The Morgan fingerprint density at radius 3 is 2.29 bits per heavy atom. The maximum atomic E-state index is 12.8. The topological polar surface area (TPSA) is 66.8 Å². The molecule has 1 heterocycles. The number of aliphatic carboxylic acids is 1. The smallest absolute Gasteiger partial charge is 0.410 e. The fourth-order valence-electron chi connectivity index (χ4n) is 5.49. The van der Waals surface area contributed by atoms with Crippen molar-refractivity contribution in [3.05, 3.63) is 59.7 Å². The van der Waals surface area contributed by atoms with E-state index >= 15 is 0 Å². The summed E-state index contributed by atoms with van der Waals surface area (Å²) in [5, 5.41) is 9.67. The van der Waals surface area contributed by atoms with Crippen molar-refractivity contribution in [2.24, 2.45) is 11.8 Å². The number of carbonyl (C=O) groups excluding carboxylic acids is 1. The molecule has 3 aliphatic rings. The van der Waals surface area contributed by atoms with Crippen LogP contribution >= 0.6 is 0 Å². The van der Waals surface area contributed by atoms with Gasteiger partial charge < -0.3 is 9.84 Å². The number of nitrogens with zero attached hydrogens (tertiary/aromatic N) is 1. The normalized spacial score (nSPS) is 25.3. The fraction of sp³-hybridized carbons (Fsp3) is 0.391. The molecule has 0 spiro atoms. The summed E-state index contributed by atoms with van der Waals surface area (Å²) in [6, 6.07) is 15.6. The number of carboxylic acids is 1. The molecule has 2 aromatic rings. The highest BCUT2D eigenvalue weighted by Gasteiger charge is 2.50. The van der Waals surface area contributed by atoms with Crippen LogP contribution in [0.3, 0.4) is 0 Å². The summed E-state index contributed by atoms with van der Waals surface area (Å²) in [6.45, 7) is 0.726. The zero-order valence-electron chi connectivity index (χ0n) is 15.6. The van der Waals surface area contributed by atoms with Gasteiger partial charge in [0.25, 0.3) is 0 Å². The molecule has 5 heteroatoms. The molecule has 2 aliphatic carbocycles. The second kappa shape index (κ2) is 6.66. The minimum absolute atomic E-state index is 0.0123. The largest absolute Gasteiger partial charge is 0.480 e. The van der Waals surface area contributed by atoms with Gasteiger partial charge in [0.05, 0.1) is 0 Å². The summed E-state index contributed by atoms with van der Waals surface area (Å²) in [6.07, 6.45) is 2.44. The van der Waals surface area contributed by atoms with Crippen molar-refractivity contribution < 1.29 is 19.4 Å². The maximum Gasteiger partial charge on any atom is 0.410 e. The van der Waals surface area contributed by atoms with Gasteiger partial charge in [-0.25, -0.2) is 9.59 Å². The lowest BCUT2D eigenvalue weighted by Crippen LogP contribution is -2.43. The third-order valence-electron chi connectivity index (χ3n) is 6.71. The number of amides is 1. The zero-order valence-corrected chi connectivity index (χ0v) is 15.6. The van der Waals surface area contributed by atoms with Gasteiger partial charge in [-0.15, -0.1) is 0 Å². The maximum absolute atomic E-state index is 12.8. The average Bonchev–Trinajstić information content (AvgIpc) is 3.37. The summed E-state index contributed by atoms with van der Waals surface area (Å²) in [5.41, 5.74) is 4.67. The van der Waals surface area contributed by atoms with Crippen molar-refractivity contribution >= 4 is 12.1 Å². The molecule has 1 saturated heterocycles. The predicted octanol–water partition coefficient (Wildman–Crippen LogP) is 4.12. The van der Waals surface area contributed by atoms with E-state index in [1.165, 1.54) is 16.0 Å². The van der Waals surface area contributed by atoms with Crippen LogP contribution in [0.4, 0.5) is 4.79 Å². The van der Waals surface area contributed by atoms with E-state index in [1.807, 2.05) is 24.3 Å². The summed E-state index contributed by atoms with van der Waals surface area (Å²) >= 11 is 0. The molecule has 1 saturated carbocycles. The van der Waals surface area contributed by atoms with Crippen molar-refractivity contribution in [3.63, 3.8) is 0 Å². The van der Waals surface area contributed by atoms with Gasteiger partial charge in [0.2, 0.25) is 0 Å². The van der Waals surface area contributed by atoms with Crippen molar-refractivity contribution in [1.29, 1.82) is 0 Å². The molecule has 0 aromatic heterocycles. The number of carboxylic acid groups (broad SMARTS) is 1. The van der Waals surface area contributed by atoms with Crippen molar-refractivity contribution in [2.45, 2.75) is 31.2 Å². The molecule has 0 radical (unpaired) electrons. The van der Waals surface area contributed by atoms with Gasteiger partial charge in [0.1, 0.15) is 12.6 Å². The summed E-state index contributed by atoms with van der Waals surface area (Å²) in [4.78, 5) is 26.1. The monoisotopic (exact) mass is 377 g/mol. The number of hydrogen-bond donors (Lipinski definition) is 1. The fourth-order valence-corrected chi connectivity index (χ4v) is 5.49. The van der Waals surface area contributed by atoms with Gasteiger partial charge in [-0.1, -0.05) is 55.0 Å². The molecule has 144 valence electrons. The molecule has 2 aromatic carbocycles. The number of hydrogen-bond acceptors (Lipinski definition) is 3. The molecule has 1 aliphatic heterocycles. The number of benzene rings is 2. The first-order valence-corrected chi connectivity index (χ1v) is 9.99. The van der Waals surface area contributed by atoms with Crippen LogP contribution in [-0.2, 0) is 9.53 Å². The van der Waals surface area contributed by atoms with Crippen LogP contribution < -0.4 is 0 Å². The zero-order chi connectivity index (χ0) is 19.3. The van der Waals surface area contributed by atoms with Crippen LogP contribution in [0.15, 0.2) is 48.5 Å². The first kappa shape index (κ1) is 17.3. The van der Waals surface area contributed by atoms with E-state index in [9.17, 15) is 14.7 Å². The van der Waals surface area contributed by atoms with Crippen LogP contribution in [0.2, 0.25) is 0 Å². The minimum Gasteiger partial charge on any atom is -0.480 e. The number of rotatable bonds is 3. The quantitative estimate of drug-likeness (QED) is 0.874. The number of carbonyl (C=O) groups is 2. The number of likely N-dealkylation sites (tertiary alicyclic amines) is 1. The van der Waals surface area contributed by atoms with E-state index in [-0.39, 0.29) is 18.4 Å². The molecule has 2 fully saturated rings. The standard InChI is InChI=1S/C23H23NO4/c25-22(26)21-15-11-5-6-14(15)12-24(21)23(27)28-13-20-18-9-3-1-7-16(18)17-8-2-4-10-19(17)20/h1-4,7-10,14-15,20-21H,5-6,11-13H2,(H,25,26)/t14-,15-,21+/m1/s1. The Balaban J connectivity index is 1.35. The Bertz CT molecular complexity index is 894. The molecule has 0 unspecified atom stereocenters. The first-order chi connectivity index (χ1) is 13.6. The second-order valence-electron chi connectivity index (χ2n) is 8.09. The van der Waals surface area contributed by atoms with E-state index in [0.717, 1.165) is 30.4 Å². The molecule has 0 bridgehead atoms. The lowest BCUT2D eigenvalue weighted by molar-refractivity contribution is -0.143. The van der Waals surface area contributed by atoms with Crippen LogP contribution in [0.1, 0.15) is 36.3 Å². The highest BCUT2D eigenvalue weighted by molar-refractivity contribution is 5.82. The molecular weight excluding hydrogens is 354 g/mol.